The Morgan fingerprint density at radius 1 is 1.12 bits per heavy atom. The number of anilines is 2. The van der Waals surface area contributed by atoms with Crippen LogP contribution in [0.25, 0.3) is 0 Å². The molecule has 0 fully saturated rings. The van der Waals surface area contributed by atoms with Gasteiger partial charge in [0, 0.05) is 29.7 Å². The summed E-state index contributed by atoms with van der Waals surface area (Å²) >= 11 is 11.3. The van der Waals surface area contributed by atoms with Gasteiger partial charge in [-0.25, -0.2) is 0 Å². The van der Waals surface area contributed by atoms with Crippen LogP contribution in [0.4, 0.5) is 11.4 Å². The average molecular weight is 390 g/mol. The van der Waals surface area contributed by atoms with Gasteiger partial charge in [0.15, 0.2) is 5.11 Å². The van der Waals surface area contributed by atoms with Crippen LogP contribution in [0.5, 0.6) is 0 Å². The number of nitrogens with one attached hydrogen (secondary N) is 3. The zero-order valence-corrected chi connectivity index (χ0v) is 16.1. The highest BCUT2D eigenvalue weighted by Crippen LogP contribution is 2.20. The molecule has 0 atom stereocenters. The van der Waals surface area contributed by atoms with Crippen molar-refractivity contribution < 1.29 is 9.59 Å². The van der Waals surface area contributed by atoms with Crippen LogP contribution in [-0.4, -0.2) is 16.9 Å². The SMILES string of the molecule is CC(=O)Nc1cc(NC(=S)NC(=O)CCc2ccccc2Cl)ccc1C. The predicted octanol–water partition coefficient (Wildman–Crippen LogP) is 4.05. The zero-order chi connectivity index (χ0) is 19.1. The van der Waals surface area contributed by atoms with E-state index in [2.05, 4.69) is 16.0 Å². The van der Waals surface area contributed by atoms with Crippen molar-refractivity contribution in [2.24, 2.45) is 0 Å². The van der Waals surface area contributed by atoms with E-state index in [9.17, 15) is 9.59 Å². The van der Waals surface area contributed by atoms with Gasteiger partial charge in [-0.1, -0.05) is 35.9 Å². The summed E-state index contributed by atoms with van der Waals surface area (Å²) in [6.45, 7) is 3.34. The van der Waals surface area contributed by atoms with Crippen LogP contribution in [0.15, 0.2) is 42.5 Å². The molecule has 0 radical (unpaired) electrons. The lowest BCUT2D eigenvalue weighted by molar-refractivity contribution is -0.119. The number of amides is 2. The predicted molar refractivity (Wildman–Crippen MR) is 110 cm³/mol. The van der Waals surface area contributed by atoms with E-state index in [1.807, 2.05) is 37.3 Å². The molecule has 136 valence electrons. The van der Waals surface area contributed by atoms with Crippen LogP contribution in [0.3, 0.4) is 0 Å². The normalized spacial score (nSPS) is 10.1. The molecule has 0 aromatic heterocycles. The van der Waals surface area contributed by atoms with Gasteiger partial charge >= 0.3 is 0 Å². The van der Waals surface area contributed by atoms with Gasteiger partial charge in [-0.05, 0) is 54.9 Å². The quantitative estimate of drug-likeness (QED) is 0.674. The summed E-state index contributed by atoms with van der Waals surface area (Å²) in [7, 11) is 0. The molecule has 2 amide bonds. The molecule has 2 aromatic carbocycles. The van der Waals surface area contributed by atoms with Crippen LogP contribution in [0.2, 0.25) is 5.02 Å². The Bertz CT molecular complexity index is 839. The van der Waals surface area contributed by atoms with Crippen LogP contribution in [0, 0.1) is 6.92 Å². The average Bonchev–Trinajstić information content (AvgIpc) is 2.56. The molecular weight excluding hydrogens is 370 g/mol. The molecule has 26 heavy (non-hydrogen) atoms. The second kappa shape index (κ2) is 9.31. The highest BCUT2D eigenvalue weighted by atomic mass is 35.5. The van der Waals surface area contributed by atoms with Gasteiger partial charge in [0.2, 0.25) is 11.8 Å². The molecule has 7 heteroatoms. The standard InChI is InChI=1S/C19H20ClN3O2S/c1-12-7-9-15(11-17(12)21-13(2)24)22-19(26)23-18(25)10-8-14-5-3-4-6-16(14)20/h3-7,9,11H,8,10H2,1-2H3,(H,21,24)(H2,22,23,25,26). The zero-order valence-electron chi connectivity index (χ0n) is 14.6. The first-order chi connectivity index (χ1) is 12.3. The Labute approximate surface area is 163 Å². The first-order valence-electron chi connectivity index (χ1n) is 8.07. The summed E-state index contributed by atoms with van der Waals surface area (Å²) < 4.78 is 0. The molecule has 0 saturated heterocycles. The van der Waals surface area contributed by atoms with E-state index >= 15 is 0 Å². The fraction of sp³-hybridized carbons (Fsp3) is 0.211. The second-order valence-electron chi connectivity index (χ2n) is 5.80. The minimum absolute atomic E-state index is 0.152. The van der Waals surface area contributed by atoms with Crippen molar-refractivity contribution in [1.82, 2.24) is 5.32 Å². The number of hydrogen-bond donors (Lipinski definition) is 3. The molecule has 0 aliphatic carbocycles. The summed E-state index contributed by atoms with van der Waals surface area (Å²) in [6, 6.07) is 12.9. The van der Waals surface area contributed by atoms with Crippen molar-refractivity contribution in [2.45, 2.75) is 26.7 Å². The smallest absolute Gasteiger partial charge is 0.226 e. The van der Waals surface area contributed by atoms with E-state index in [-0.39, 0.29) is 23.3 Å². The topological polar surface area (TPSA) is 70.2 Å². The summed E-state index contributed by atoms with van der Waals surface area (Å²) in [6.07, 6.45) is 0.807. The van der Waals surface area contributed by atoms with Crippen molar-refractivity contribution in [3.8, 4) is 0 Å². The summed E-state index contributed by atoms with van der Waals surface area (Å²) in [5.41, 5.74) is 3.22. The van der Waals surface area contributed by atoms with E-state index in [0.717, 1.165) is 11.1 Å². The number of thiocarbonyl (C=S) groups is 1. The number of carbonyl (C=O) groups is 2. The summed E-state index contributed by atoms with van der Waals surface area (Å²) in [5.74, 6) is -0.350. The largest absolute Gasteiger partial charge is 0.332 e. The fourth-order valence-corrected chi connectivity index (χ4v) is 2.79. The Kier molecular flexibility index (Phi) is 7.12. The number of hydrogen-bond acceptors (Lipinski definition) is 3. The first kappa shape index (κ1) is 19.9. The van der Waals surface area contributed by atoms with Gasteiger partial charge in [-0.3, -0.25) is 9.59 Å². The van der Waals surface area contributed by atoms with Gasteiger partial charge in [0.25, 0.3) is 0 Å². The monoisotopic (exact) mass is 389 g/mol. The molecule has 2 rings (SSSR count). The Morgan fingerprint density at radius 3 is 2.54 bits per heavy atom. The highest BCUT2D eigenvalue weighted by molar-refractivity contribution is 7.80. The van der Waals surface area contributed by atoms with E-state index in [1.54, 1.807) is 12.1 Å². The third kappa shape index (κ3) is 6.13. The van der Waals surface area contributed by atoms with Crippen LogP contribution in [0.1, 0.15) is 24.5 Å². The number of carbonyl (C=O) groups excluding carboxylic acids is 2. The van der Waals surface area contributed by atoms with Gasteiger partial charge in [0.05, 0.1) is 0 Å². The third-order valence-corrected chi connectivity index (χ3v) is 4.21. The van der Waals surface area contributed by atoms with Crippen LogP contribution >= 0.6 is 23.8 Å². The maximum absolute atomic E-state index is 12.1. The molecule has 0 unspecified atom stereocenters. The third-order valence-electron chi connectivity index (χ3n) is 3.64. The molecular formula is C19H20ClN3O2S. The second-order valence-corrected chi connectivity index (χ2v) is 6.62. The van der Waals surface area contributed by atoms with Crippen molar-refractivity contribution in [3.05, 3.63) is 58.6 Å². The molecule has 0 aliphatic rings. The lowest BCUT2D eigenvalue weighted by Crippen LogP contribution is -2.34. The first-order valence-corrected chi connectivity index (χ1v) is 8.86. The van der Waals surface area contributed by atoms with Gasteiger partial charge in [-0.2, -0.15) is 0 Å². The minimum Gasteiger partial charge on any atom is -0.332 e. The minimum atomic E-state index is -0.198. The van der Waals surface area contributed by atoms with E-state index in [1.165, 1.54) is 6.92 Å². The van der Waals surface area contributed by atoms with Gasteiger partial charge < -0.3 is 16.0 Å². The van der Waals surface area contributed by atoms with Crippen LogP contribution < -0.4 is 16.0 Å². The molecule has 0 aliphatic heterocycles. The van der Waals surface area contributed by atoms with Crippen LogP contribution in [-0.2, 0) is 16.0 Å². The maximum atomic E-state index is 12.1. The van der Waals surface area contributed by atoms with Gasteiger partial charge in [0.1, 0.15) is 0 Å². The Balaban J connectivity index is 1.89. The molecule has 5 nitrogen and oxygen atoms in total. The number of benzene rings is 2. The van der Waals surface area contributed by atoms with Crippen molar-refractivity contribution in [1.29, 1.82) is 0 Å². The van der Waals surface area contributed by atoms with Crippen molar-refractivity contribution in [3.63, 3.8) is 0 Å². The number of aryl methyl sites for hydroxylation is 2. The van der Waals surface area contributed by atoms with E-state index < -0.39 is 0 Å². The Hall–Kier alpha value is -2.44. The summed E-state index contributed by atoms with van der Waals surface area (Å²) in [4.78, 5) is 23.3. The lowest BCUT2D eigenvalue weighted by atomic mass is 10.1. The molecule has 0 spiro atoms. The molecule has 2 aromatic rings. The van der Waals surface area contributed by atoms with Crippen molar-refractivity contribution in [2.75, 3.05) is 10.6 Å². The molecule has 0 saturated carbocycles. The molecule has 0 heterocycles. The van der Waals surface area contributed by atoms with E-state index in [4.69, 9.17) is 23.8 Å². The maximum Gasteiger partial charge on any atom is 0.226 e. The molecule has 0 bridgehead atoms. The highest BCUT2D eigenvalue weighted by Gasteiger charge is 2.08. The molecule has 3 N–H and O–H groups in total. The van der Waals surface area contributed by atoms with E-state index in [0.29, 0.717) is 22.8 Å². The number of halogens is 1. The lowest BCUT2D eigenvalue weighted by Gasteiger charge is -2.13. The van der Waals surface area contributed by atoms with Crippen molar-refractivity contribution >= 4 is 52.1 Å². The van der Waals surface area contributed by atoms with Gasteiger partial charge in [-0.15, -0.1) is 0 Å². The fourth-order valence-electron chi connectivity index (χ4n) is 2.32. The number of rotatable bonds is 5. The summed E-state index contributed by atoms with van der Waals surface area (Å²) in [5, 5.41) is 9.18. The Morgan fingerprint density at radius 2 is 1.85 bits per heavy atom.